The lowest BCUT2D eigenvalue weighted by Gasteiger charge is -2.28. The molecular weight excluding hydrogens is 162 g/mol. The van der Waals surface area contributed by atoms with Crippen molar-refractivity contribution < 1.29 is 0 Å². The first-order valence-corrected chi connectivity index (χ1v) is 5.09. The zero-order valence-corrected chi connectivity index (χ0v) is 8.42. The van der Waals surface area contributed by atoms with Crippen LogP contribution in [0, 0.1) is 17.2 Å². The van der Waals surface area contributed by atoms with Gasteiger partial charge < -0.3 is 10.2 Å². The molecule has 0 atom stereocenters. The van der Waals surface area contributed by atoms with Crippen molar-refractivity contribution in [3.05, 3.63) is 0 Å². The van der Waals surface area contributed by atoms with Crippen molar-refractivity contribution in [1.29, 1.82) is 5.26 Å². The van der Waals surface area contributed by atoms with Gasteiger partial charge in [-0.25, -0.2) is 0 Å². The predicted molar refractivity (Wildman–Crippen MR) is 53.3 cm³/mol. The van der Waals surface area contributed by atoms with Crippen molar-refractivity contribution in [3.8, 4) is 6.07 Å². The second-order valence-corrected chi connectivity index (χ2v) is 3.87. The molecule has 0 aromatic heterocycles. The Morgan fingerprint density at radius 1 is 1.46 bits per heavy atom. The topological polar surface area (TPSA) is 39.1 Å². The fourth-order valence-electron chi connectivity index (χ4n) is 1.80. The molecule has 1 rings (SSSR count). The van der Waals surface area contributed by atoms with Crippen LogP contribution in [0.1, 0.15) is 19.3 Å². The zero-order chi connectivity index (χ0) is 9.52. The second-order valence-electron chi connectivity index (χ2n) is 3.87. The van der Waals surface area contributed by atoms with Gasteiger partial charge in [-0.2, -0.15) is 5.26 Å². The first-order valence-electron chi connectivity index (χ1n) is 5.09. The van der Waals surface area contributed by atoms with Crippen LogP contribution in [0.3, 0.4) is 0 Å². The molecule has 1 aliphatic heterocycles. The molecule has 3 heteroatoms. The zero-order valence-electron chi connectivity index (χ0n) is 8.42. The summed E-state index contributed by atoms with van der Waals surface area (Å²) in [6, 6.07) is 2.09. The van der Waals surface area contributed by atoms with Gasteiger partial charge in [-0.3, -0.25) is 0 Å². The number of hydrogen-bond acceptors (Lipinski definition) is 3. The Morgan fingerprint density at radius 2 is 2.15 bits per heavy atom. The van der Waals surface area contributed by atoms with Gasteiger partial charge in [-0.1, -0.05) is 0 Å². The number of rotatable bonds is 4. The Labute approximate surface area is 80.7 Å². The third-order valence-corrected chi connectivity index (χ3v) is 2.77. The van der Waals surface area contributed by atoms with Crippen molar-refractivity contribution in [3.63, 3.8) is 0 Å². The maximum Gasteiger partial charge on any atom is 0.0840 e. The summed E-state index contributed by atoms with van der Waals surface area (Å²) < 4.78 is 0. The van der Waals surface area contributed by atoms with E-state index in [-0.39, 0.29) is 0 Å². The first-order chi connectivity index (χ1) is 6.33. The van der Waals surface area contributed by atoms with E-state index in [0.717, 1.165) is 12.5 Å². The Morgan fingerprint density at radius 3 is 2.77 bits per heavy atom. The molecular formula is C10H19N3. The normalized spacial score (nSPS) is 20.0. The SMILES string of the molecule is CN1CCC(CCNCC#N)CC1. The van der Waals surface area contributed by atoms with Gasteiger partial charge in [-0.15, -0.1) is 0 Å². The summed E-state index contributed by atoms with van der Waals surface area (Å²) in [5.41, 5.74) is 0. The van der Waals surface area contributed by atoms with Crippen LogP contribution in [0.2, 0.25) is 0 Å². The number of nitriles is 1. The molecule has 0 aromatic carbocycles. The van der Waals surface area contributed by atoms with Crippen LogP contribution in [0.25, 0.3) is 0 Å². The van der Waals surface area contributed by atoms with Gasteiger partial charge in [0.15, 0.2) is 0 Å². The van der Waals surface area contributed by atoms with Gasteiger partial charge in [0.25, 0.3) is 0 Å². The Balaban J connectivity index is 2.00. The summed E-state index contributed by atoms with van der Waals surface area (Å²) in [6.45, 7) is 3.97. The van der Waals surface area contributed by atoms with Gasteiger partial charge in [-0.05, 0) is 51.9 Å². The summed E-state index contributed by atoms with van der Waals surface area (Å²) in [6.07, 6.45) is 3.88. The molecule has 74 valence electrons. The van der Waals surface area contributed by atoms with E-state index < -0.39 is 0 Å². The van der Waals surface area contributed by atoms with E-state index in [2.05, 4.69) is 23.3 Å². The summed E-state index contributed by atoms with van der Waals surface area (Å²) >= 11 is 0. The molecule has 0 amide bonds. The largest absolute Gasteiger partial charge is 0.306 e. The number of nitrogens with one attached hydrogen (secondary N) is 1. The number of likely N-dealkylation sites (tertiary alicyclic amines) is 1. The molecule has 1 N–H and O–H groups in total. The third kappa shape index (κ3) is 4.25. The fraction of sp³-hybridized carbons (Fsp3) is 0.900. The van der Waals surface area contributed by atoms with Crippen LogP contribution in [-0.2, 0) is 0 Å². The minimum absolute atomic E-state index is 0.493. The van der Waals surface area contributed by atoms with Crippen LogP contribution >= 0.6 is 0 Å². The average molecular weight is 181 g/mol. The van der Waals surface area contributed by atoms with Crippen LogP contribution in [0.5, 0.6) is 0 Å². The highest BCUT2D eigenvalue weighted by Gasteiger charge is 2.15. The fourth-order valence-corrected chi connectivity index (χ4v) is 1.80. The minimum Gasteiger partial charge on any atom is -0.306 e. The van der Waals surface area contributed by atoms with Crippen molar-refractivity contribution in [1.82, 2.24) is 10.2 Å². The number of piperidine rings is 1. The van der Waals surface area contributed by atoms with Gasteiger partial charge in [0.1, 0.15) is 0 Å². The molecule has 0 radical (unpaired) electrons. The van der Waals surface area contributed by atoms with E-state index in [4.69, 9.17) is 5.26 Å². The van der Waals surface area contributed by atoms with E-state index in [1.807, 2.05) is 0 Å². The van der Waals surface area contributed by atoms with Crippen LogP contribution in [0.15, 0.2) is 0 Å². The number of nitrogens with zero attached hydrogens (tertiary/aromatic N) is 2. The molecule has 1 saturated heterocycles. The molecule has 3 nitrogen and oxygen atoms in total. The Kier molecular flexibility index (Phi) is 4.81. The second kappa shape index (κ2) is 5.95. The van der Waals surface area contributed by atoms with E-state index in [1.54, 1.807) is 0 Å². The smallest absolute Gasteiger partial charge is 0.0840 e. The lowest BCUT2D eigenvalue weighted by atomic mass is 9.94. The summed E-state index contributed by atoms with van der Waals surface area (Å²) in [4.78, 5) is 2.39. The minimum atomic E-state index is 0.493. The Hall–Kier alpha value is -0.590. The molecule has 1 fully saturated rings. The van der Waals surface area contributed by atoms with Crippen LogP contribution in [0.4, 0.5) is 0 Å². The third-order valence-electron chi connectivity index (χ3n) is 2.77. The maximum atomic E-state index is 8.32. The van der Waals surface area contributed by atoms with Crippen molar-refractivity contribution in [2.45, 2.75) is 19.3 Å². The molecule has 1 heterocycles. The van der Waals surface area contributed by atoms with E-state index in [9.17, 15) is 0 Å². The van der Waals surface area contributed by atoms with Gasteiger partial charge in [0, 0.05) is 0 Å². The highest BCUT2D eigenvalue weighted by Crippen LogP contribution is 2.18. The quantitative estimate of drug-likeness (QED) is 0.516. The van der Waals surface area contributed by atoms with E-state index in [1.165, 1.54) is 32.4 Å². The highest BCUT2D eigenvalue weighted by molar-refractivity contribution is 4.74. The molecule has 0 aliphatic carbocycles. The van der Waals surface area contributed by atoms with Crippen LogP contribution < -0.4 is 5.32 Å². The molecule has 0 unspecified atom stereocenters. The standard InChI is InChI=1S/C10H19N3/c1-13-8-3-10(4-9-13)2-6-12-7-5-11/h10,12H,2-4,6-9H2,1H3. The molecule has 0 aromatic rings. The summed E-state index contributed by atoms with van der Waals surface area (Å²) in [5.74, 6) is 0.877. The summed E-state index contributed by atoms with van der Waals surface area (Å²) in [7, 11) is 2.18. The van der Waals surface area contributed by atoms with Gasteiger partial charge in [0.2, 0.25) is 0 Å². The molecule has 0 spiro atoms. The first kappa shape index (κ1) is 10.5. The lowest BCUT2D eigenvalue weighted by molar-refractivity contribution is 0.212. The monoisotopic (exact) mass is 181 g/mol. The molecule has 0 bridgehead atoms. The Bertz CT molecular complexity index is 165. The van der Waals surface area contributed by atoms with Gasteiger partial charge in [0.05, 0.1) is 12.6 Å². The van der Waals surface area contributed by atoms with Crippen molar-refractivity contribution in [2.24, 2.45) is 5.92 Å². The molecule has 13 heavy (non-hydrogen) atoms. The summed E-state index contributed by atoms with van der Waals surface area (Å²) in [5, 5.41) is 11.4. The van der Waals surface area contributed by atoms with Gasteiger partial charge >= 0.3 is 0 Å². The lowest BCUT2D eigenvalue weighted by Crippen LogP contribution is -2.31. The maximum absolute atomic E-state index is 8.32. The van der Waals surface area contributed by atoms with Crippen molar-refractivity contribution in [2.75, 3.05) is 33.2 Å². The van der Waals surface area contributed by atoms with Crippen molar-refractivity contribution >= 4 is 0 Å². The molecule has 1 aliphatic rings. The predicted octanol–water partition coefficient (Wildman–Crippen LogP) is 0.831. The highest BCUT2D eigenvalue weighted by atomic mass is 15.1. The van der Waals surface area contributed by atoms with E-state index >= 15 is 0 Å². The molecule has 0 saturated carbocycles. The number of hydrogen-bond donors (Lipinski definition) is 1. The van der Waals surface area contributed by atoms with E-state index in [0.29, 0.717) is 6.54 Å². The average Bonchev–Trinajstić information content (AvgIpc) is 2.15. The van der Waals surface area contributed by atoms with Crippen LogP contribution in [-0.4, -0.2) is 38.1 Å².